The van der Waals surface area contributed by atoms with Crippen LogP contribution in [0.4, 0.5) is 0 Å². The molecule has 0 aliphatic heterocycles. The molecule has 218 valence electrons. The van der Waals surface area contributed by atoms with Crippen LogP contribution in [0.3, 0.4) is 0 Å². The summed E-state index contributed by atoms with van der Waals surface area (Å²) in [7, 11) is -5.41. The molecule has 42 heavy (non-hydrogen) atoms. The Kier molecular flexibility index (Phi) is 10.1. The lowest BCUT2D eigenvalue weighted by Crippen LogP contribution is -2.68. The first-order valence-electron chi connectivity index (χ1n) is 15.0. The second-order valence-electron chi connectivity index (χ2n) is 13.1. The Morgan fingerprint density at radius 3 is 1.21 bits per heavy atom. The molecule has 0 saturated carbocycles. The van der Waals surface area contributed by atoms with Gasteiger partial charge in [0.1, 0.15) is 0 Å². The van der Waals surface area contributed by atoms with Gasteiger partial charge in [0.15, 0.2) is 0 Å². The minimum absolute atomic E-state index is 0.0871. The van der Waals surface area contributed by atoms with E-state index in [0.717, 1.165) is 6.42 Å². The van der Waals surface area contributed by atoms with Gasteiger partial charge < -0.3 is 8.85 Å². The molecular weight excluding hydrogens is 545 g/mol. The van der Waals surface area contributed by atoms with Crippen LogP contribution in [0.1, 0.15) is 54.4 Å². The first-order chi connectivity index (χ1) is 20.1. The summed E-state index contributed by atoms with van der Waals surface area (Å²) in [5.74, 6) is 2.94. The van der Waals surface area contributed by atoms with E-state index >= 15 is 0 Å². The highest BCUT2D eigenvalue weighted by atomic mass is 28.4. The first-order valence-corrected chi connectivity index (χ1v) is 18.9. The normalized spacial score (nSPS) is 13.4. The predicted molar refractivity (Wildman–Crippen MR) is 184 cm³/mol. The molecule has 4 rings (SSSR count). The van der Waals surface area contributed by atoms with E-state index in [1.807, 2.05) is 0 Å². The smallest absolute Gasteiger partial charge is 0.261 e. The summed E-state index contributed by atoms with van der Waals surface area (Å²) in [4.78, 5) is 0. The van der Waals surface area contributed by atoms with E-state index in [1.54, 1.807) is 0 Å². The summed E-state index contributed by atoms with van der Waals surface area (Å²) in [5, 5.41) is 4.88. The van der Waals surface area contributed by atoms with Gasteiger partial charge in [-0.05, 0) is 37.2 Å². The highest BCUT2D eigenvalue weighted by Crippen LogP contribution is 2.39. The van der Waals surface area contributed by atoms with Crippen LogP contribution in [0.25, 0.3) is 0 Å². The molecule has 0 saturated heterocycles. The summed E-state index contributed by atoms with van der Waals surface area (Å²) in [6, 6.07) is 43.2. The molecule has 0 heterocycles. The monoisotopic (exact) mass is 590 g/mol. The number of terminal acetylenes is 1. The van der Waals surface area contributed by atoms with Gasteiger partial charge >= 0.3 is 0 Å². The minimum atomic E-state index is -2.75. The van der Waals surface area contributed by atoms with Crippen molar-refractivity contribution in [2.24, 2.45) is 0 Å². The van der Waals surface area contributed by atoms with Crippen molar-refractivity contribution in [1.29, 1.82) is 0 Å². The molecule has 0 aliphatic carbocycles. The van der Waals surface area contributed by atoms with Gasteiger partial charge in [-0.25, -0.2) is 0 Å². The van der Waals surface area contributed by atoms with Gasteiger partial charge in [0.2, 0.25) is 0 Å². The number of hydrogen-bond acceptors (Lipinski definition) is 2. The molecule has 2 nitrogen and oxygen atoms in total. The van der Waals surface area contributed by atoms with Gasteiger partial charge in [0.05, 0.1) is 6.10 Å². The van der Waals surface area contributed by atoms with Crippen molar-refractivity contribution >= 4 is 37.4 Å². The molecule has 0 amide bonds. The first kappa shape index (κ1) is 31.7. The Labute approximate surface area is 256 Å². The molecule has 0 unspecified atom stereocenters. The van der Waals surface area contributed by atoms with Gasteiger partial charge in [-0.3, -0.25) is 0 Å². The number of hydrogen-bond donors (Lipinski definition) is 0. The second kappa shape index (κ2) is 13.4. The molecular formula is C38H46O2Si2. The van der Waals surface area contributed by atoms with E-state index in [4.69, 9.17) is 15.3 Å². The number of benzene rings is 4. The molecule has 1 atom stereocenters. The lowest BCUT2D eigenvalue weighted by atomic mass is 10.2. The second-order valence-corrected chi connectivity index (χ2v) is 21.7. The number of rotatable bonds is 11. The topological polar surface area (TPSA) is 18.5 Å². The lowest BCUT2D eigenvalue weighted by Gasteiger charge is -2.46. The molecule has 0 aliphatic rings. The summed E-state index contributed by atoms with van der Waals surface area (Å²) >= 11 is 0. The molecule has 0 N–H and O–H groups in total. The van der Waals surface area contributed by atoms with Crippen LogP contribution >= 0.6 is 0 Å². The van der Waals surface area contributed by atoms with E-state index in [9.17, 15) is 0 Å². The fraction of sp³-hybridized carbons (Fsp3) is 0.316. The molecule has 4 aromatic rings. The van der Waals surface area contributed by atoms with Crippen LogP contribution in [-0.4, -0.2) is 29.3 Å². The van der Waals surface area contributed by atoms with Crippen LogP contribution in [-0.2, 0) is 8.85 Å². The maximum Gasteiger partial charge on any atom is 0.261 e. The third-order valence-corrected chi connectivity index (χ3v) is 18.4. The van der Waals surface area contributed by atoms with Crippen molar-refractivity contribution in [3.63, 3.8) is 0 Å². The van der Waals surface area contributed by atoms with E-state index in [1.165, 1.54) is 20.7 Å². The average molecular weight is 591 g/mol. The average Bonchev–Trinajstić information content (AvgIpc) is 2.98. The molecule has 0 bridgehead atoms. The highest BCUT2D eigenvalue weighted by molar-refractivity contribution is 7.00. The molecule has 4 aromatic carbocycles. The maximum atomic E-state index is 7.46. The predicted octanol–water partition coefficient (Wildman–Crippen LogP) is 6.92. The Hall–Kier alpha value is -3.21. The minimum Gasteiger partial charge on any atom is -0.407 e. The van der Waals surface area contributed by atoms with Gasteiger partial charge in [-0.2, -0.15) is 0 Å². The van der Waals surface area contributed by atoms with Crippen LogP contribution in [0.5, 0.6) is 0 Å². The van der Waals surface area contributed by atoms with E-state index in [-0.39, 0.29) is 16.2 Å². The zero-order valence-corrected chi connectivity index (χ0v) is 28.1. The van der Waals surface area contributed by atoms with Crippen molar-refractivity contribution in [1.82, 2.24) is 0 Å². The Morgan fingerprint density at radius 2 is 0.905 bits per heavy atom. The lowest BCUT2D eigenvalue weighted by molar-refractivity contribution is 0.152. The maximum absolute atomic E-state index is 7.46. The Morgan fingerprint density at radius 1 is 0.571 bits per heavy atom. The molecule has 0 fully saturated rings. The molecule has 0 radical (unpaired) electrons. The SMILES string of the molecule is C#CC[C@@H](CCO[Si](c1ccccc1)(c1ccccc1)C(C)(C)C)O[Si](c1ccccc1)(c1ccccc1)C(C)(C)C. The van der Waals surface area contributed by atoms with Gasteiger partial charge in [0, 0.05) is 13.0 Å². The van der Waals surface area contributed by atoms with Crippen molar-refractivity contribution < 1.29 is 8.85 Å². The van der Waals surface area contributed by atoms with Gasteiger partial charge in [-0.1, -0.05) is 163 Å². The van der Waals surface area contributed by atoms with Crippen LogP contribution in [0.2, 0.25) is 10.1 Å². The standard InChI is InChI=1S/C38H46O2Si2/c1-8-21-32(40-42(38(5,6)7,35-26-17-11-18-27-35)36-28-19-12-20-29-36)30-31-39-41(37(2,3)4,33-22-13-9-14-23-33)34-24-15-10-16-25-34/h1,9-20,22-29,32H,21,30-31H2,2-7H3/t32-/m0/s1. The van der Waals surface area contributed by atoms with E-state index in [0.29, 0.717) is 13.0 Å². The highest BCUT2D eigenvalue weighted by Gasteiger charge is 2.52. The summed E-state index contributed by atoms with van der Waals surface area (Å²) in [6.45, 7) is 14.4. The van der Waals surface area contributed by atoms with Crippen LogP contribution < -0.4 is 20.7 Å². The summed E-state index contributed by atoms with van der Waals surface area (Å²) in [6.07, 6.45) is 7.12. The molecule has 0 aromatic heterocycles. The van der Waals surface area contributed by atoms with Crippen molar-refractivity contribution in [3.8, 4) is 12.3 Å². The van der Waals surface area contributed by atoms with Crippen molar-refractivity contribution in [2.45, 2.75) is 70.6 Å². The Balaban J connectivity index is 1.73. The third-order valence-electron chi connectivity index (χ3n) is 8.28. The fourth-order valence-electron chi connectivity index (χ4n) is 6.38. The van der Waals surface area contributed by atoms with Crippen molar-refractivity contribution in [3.05, 3.63) is 121 Å². The van der Waals surface area contributed by atoms with Crippen molar-refractivity contribution in [2.75, 3.05) is 6.61 Å². The zero-order chi connectivity index (χ0) is 30.3. The van der Waals surface area contributed by atoms with E-state index in [2.05, 4.69) is 169 Å². The fourth-order valence-corrected chi connectivity index (χ4v) is 15.7. The summed E-state index contributed by atoms with van der Waals surface area (Å²) < 4.78 is 14.7. The zero-order valence-electron chi connectivity index (χ0n) is 26.1. The van der Waals surface area contributed by atoms with Gasteiger partial charge in [-0.15, -0.1) is 12.3 Å². The molecule has 0 spiro atoms. The quantitative estimate of drug-likeness (QED) is 0.139. The van der Waals surface area contributed by atoms with Crippen LogP contribution in [0.15, 0.2) is 121 Å². The largest absolute Gasteiger partial charge is 0.407 e. The van der Waals surface area contributed by atoms with E-state index < -0.39 is 16.6 Å². The third kappa shape index (κ3) is 6.40. The van der Waals surface area contributed by atoms with Gasteiger partial charge in [0.25, 0.3) is 16.6 Å². The Bertz CT molecular complexity index is 1340. The molecule has 4 heteroatoms. The summed E-state index contributed by atoms with van der Waals surface area (Å²) in [5.41, 5.74) is 0. The van der Waals surface area contributed by atoms with Crippen LogP contribution in [0, 0.1) is 12.3 Å².